The fourth-order valence-corrected chi connectivity index (χ4v) is 2.80. The van der Waals surface area contributed by atoms with Gasteiger partial charge in [-0.2, -0.15) is 0 Å². The Morgan fingerprint density at radius 2 is 1.70 bits per heavy atom. The first kappa shape index (κ1) is 15.5. The average Bonchev–Trinajstić information content (AvgIpc) is 3.38. The van der Waals surface area contributed by atoms with Crippen molar-refractivity contribution in [3.63, 3.8) is 0 Å². The second kappa shape index (κ2) is 6.36. The number of carbonyl (C=O) groups is 2. The van der Waals surface area contributed by atoms with Crippen LogP contribution < -0.4 is 5.32 Å². The predicted molar refractivity (Wildman–Crippen MR) is 82.9 cm³/mol. The topological polar surface area (TPSA) is 92.6 Å². The van der Waals surface area contributed by atoms with E-state index in [2.05, 4.69) is 5.32 Å². The number of nitro benzene ring substituents is 1. The lowest BCUT2D eigenvalue weighted by atomic mass is 9.95. The van der Waals surface area contributed by atoms with Gasteiger partial charge in [0.2, 0.25) is 5.91 Å². The van der Waals surface area contributed by atoms with Crippen LogP contribution in [0.4, 0.5) is 5.69 Å². The monoisotopic (exact) mass is 317 g/mol. The fraction of sp³-hybridized carbons (Fsp3) is 0.500. The third-order valence-corrected chi connectivity index (χ3v) is 4.40. The van der Waals surface area contributed by atoms with E-state index in [0.717, 1.165) is 12.8 Å². The molecule has 2 fully saturated rings. The molecule has 1 saturated carbocycles. The zero-order chi connectivity index (χ0) is 16.4. The number of hydrogen-bond acceptors (Lipinski definition) is 4. The standard InChI is InChI=1S/C16H19N3O4/c20-15(17-13-3-4-13)11-7-9-18(10-8-11)16(21)12-1-5-14(6-2-12)19(22)23/h1-2,5-6,11,13H,3-4,7-10H2,(H,17,20). The minimum atomic E-state index is -0.488. The van der Waals surface area contributed by atoms with Gasteiger partial charge in [-0.1, -0.05) is 0 Å². The van der Waals surface area contributed by atoms with Gasteiger partial charge in [0.1, 0.15) is 0 Å². The zero-order valence-electron chi connectivity index (χ0n) is 12.7. The first-order valence-corrected chi connectivity index (χ1v) is 7.88. The van der Waals surface area contributed by atoms with E-state index in [1.165, 1.54) is 24.3 Å². The van der Waals surface area contributed by atoms with Crippen LogP contribution in [0.25, 0.3) is 0 Å². The number of carbonyl (C=O) groups excluding carboxylic acids is 2. The van der Waals surface area contributed by atoms with Crippen molar-refractivity contribution >= 4 is 17.5 Å². The van der Waals surface area contributed by atoms with E-state index in [4.69, 9.17) is 0 Å². The fourth-order valence-electron chi connectivity index (χ4n) is 2.80. The molecule has 2 amide bonds. The normalized spacial score (nSPS) is 18.5. The lowest BCUT2D eigenvalue weighted by Gasteiger charge is -2.31. The van der Waals surface area contributed by atoms with Gasteiger partial charge >= 0.3 is 0 Å². The van der Waals surface area contributed by atoms with Crippen molar-refractivity contribution in [1.82, 2.24) is 10.2 Å². The largest absolute Gasteiger partial charge is 0.353 e. The molecule has 1 N–H and O–H groups in total. The summed E-state index contributed by atoms with van der Waals surface area (Å²) in [7, 11) is 0. The molecule has 23 heavy (non-hydrogen) atoms. The molecule has 122 valence electrons. The quantitative estimate of drug-likeness (QED) is 0.676. The van der Waals surface area contributed by atoms with Gasteiger partial charge in [0.05, 0.1) is 4.92 Å². The van der Waals surface area contributed by atoms with Gasteiger partial charge in [0, 0.05) is 42.7 Å². The lowest BCUT2D eigenvalue weighted by Crippen LogP contribution is -2.43. The van der Waals surface area contributed by atoms with E-state index in [-0.39, 0.29) is 23.4 Å². The highest BCUT2D eigenvalue weighted by Gasteiger charge is 2.31. The zero-order valence-corrected chi connectivity index (χ0v) is 12.7. The van der Waals surface area contributed by atoms with E-state index in [1.54, 1.807) is 4.90 Å². The Morgan fingerprint density at radius 3 is 2.22 bits per heavy atom. The maximum absolute atomic E-state index is 12.4. The molecule has 2 aliphatic rings. The molecule has 1 aromatic carbocycles. The van der Waals surface area contributed by atoms with Crippen LogP contribution >= 0.6 is 0 Å². The van der Waals surface area contributed by atoms with Crippen LogP contribution in [-0.2, 0) is 4.79 Å². The number of non-ortho nitro benzene ring substituents is 1. The molecule has 0 unspecified atom stereocenters. The first-order chi connectivity index (χ1) is 11.0. The minimum Gasteiger partial charge on any atom is -0.353 e. The highest BCUT2D eigenvalue weighted by Crippen LogP contribution is 2.23. The second-order valence-corrected chi connectivity index (χ2v) is 6.15. The maximum atomic E-state index is 12.4. The molecule has 1 saturated heterocycles. The Balaban J connectivity index is 1.55. The van der Waals surface area contributed by atoms with Crippen molar-refractivity contribution in [3.05, 3.63) is 39.9 Å². The van der Waals surface area contributed by atoms with E-state index in [9.17, 15) is 19.7 Å². The van der Waals surface area contributed by atoms with Crippen LogP contribution in [0, 0.1) is 16.0 Å². The lowest BCUT2D eigenvalue weighted by molar-refractivity contribution is -0.384. The van der Waals surface area contributed by atoms with E-state index in [0.29, 0.717) is 37.5 Å². The number of hydrogen-bond donors (Lipinski definition) is 1. The van der Waals surface area contributed by atoms with Crippen molar-refractivity contribution in [3.8, 4) is 0 Å². The Bertz CT molecular complexity index is 617. The van der Waals surface area contributed by atoms with Gasteiger partial charge in [0.25, 0.3) is 11.6 Å². The molecule has 7 heteroatoms. The summed E-state index contributed by atoms with van der Waals surface area (Å²) in [4.78, 5) is 36.3. The molecule has 1 heterocycles. The van der Waals surface area contributed by atoms with Gasteiger partial charge in [-0.15, -0.1) is 0 Å². The molecule has 0 aromatic heterocycles. The summed E-state index contributed by atoms with van der Waals surface area (Å²) in [6, 6.07) is 5.99. The SMILES string of the molecule is O=C(NC1CC1)C1CCN(C(=O)c2ccc([N+](=O)[O-])cc2)CC1. The molecule has 3 rings (SSSR count). The number of amides is 2. The van der Waals surface area contributed by atoms with Gasteiger partial charge in [-0.05, 0) is 37.8 Å². The van der Waals surface area contributed by atoms with E-state index < -0.39 is 4.92 Å². The van der Waals surface area contributed by atoms with Crippen molar-refractivity contribution < 1.29 is 14.5 Å². The van der Waals surface area contributed by atoms with Crippen molar-refractivity contribution in [2.75, 3.05) is 13.1 Å². The molecular weight excluding hydrogens is 298 g/mol. The van der Waals surface area contributed by atoms with Crippen LogP contribution in [0.3, 0.4) is 0 Å². The smallest absolute Gasteiger partial charge is 0.269 e. The summed E-state index contributed by atoms with van der Waals surface area (Å²) in [5, 5.41) is 13.6. The molecule has 1 aromatic rings. The van der Waals surface area contributed by atoms with Gasteiger partial charge in [-0.3, -0.25) is 19.7 Å². The summed E-state index contributed by atoms with van der Waals surface area (Å²) < 4.78 is 0. The Kier molecular flexibility index (Phi) is 4.27. The number of nitrogens with zero attached hydrogens (tertiary/aromatic N) is 2. The van der Waals surface area contributed by atoms with Gasteiger partial charge in [0.15, 0.2) is 0 Å². The molecule has 1 aliphatic heterocycles. The van der Waals surface area contributed by atoms with Gasteiger partial charge in [-0.25, -0.2) is 0 Å². The molecule has 0 spiro atoms. The van der Waals surface area contributed by atoms with E-state index in [1.807, 2.05) is 0 Å². The average molecular weight is 317 g/mol. The molecule has 7 nitrogen and oxygen atoms in total. The van der Waals surface area contributed by atoms with Crippen LogP contribution in [0.2, 0.25) is 0 Å². The number of rotatable bonds is 4. The number of nitrogens with one attached hydrogen (secondary N) is 1. The summed E-state index contributed by atoms with van der Waals surface area (Å²) in [5.74, 6) is -0.0487. The molecule has 1 aliphatic carbocycles. The molecular formula is C16H19N3O4. The molecule has 0 radical (unpaired) electrons. The summed E-state index contributed by atoms with van der Waals surface area (Å²) in [6.07, 6.45) is 3.47. The van der Waals surface area contributed by atoms with Crippen molar-refractivity contribution in [2.45, 2.75) is 31.7 Å². The van der Waals surface area contributed by atoms with E-state index >= 15 is 0 Å². The second-order valence-electron chi connectivity index (χ2n) is 6.15. The first-order valence-electron chi connectivity index (χ1n) is 7.88. The number of nitro groups is 1. The summed E-state index contributed by atoms with van der Waals surface area (Å²) in [6.45, 7) is 1.08. The Morgan fingerprint density at radius 1 is 1.09 bits per heavy atom. The Labute approximate surface area is 133 Å². The summed E-state index contributed by atoms with van der Waals surface area (Å²) >= 11 is 0. The third-order valence-electron chi connectivity index (χ3n) is 4.40. The summed E-state index contributed by atoms with van der Waals surface area (Å²) in [5.41, 5.74) is 0.411. The number of benzene rings is 1. The van der Waals surface area contributed by atoms with Gasteiger partial charge < -0.3 is 10.2 Å². The highest BCUT2D eigenvalue weighted by atomic mass is 16.6. The molecule has 0 bridgehead atoms. The maximum Gasteiger partial charge on any atom is 0.269 e. The number of likely N-dealkylation sites (tertiary alicyclic amines) is 1. The minimum absolute atomic E-state index is 0.0171. The van der Waals surface area contributed by atoms with Crippen LogP contribution in [0.15, 0.2) is 24.3 Å². The van der Waals surface area contributed by atoms with Crippen molar-refractivity contribution in [2.24, 2.45) is 5.92 Å². The third kappa shape index (κ3) is 3.67. The molecule has 0 atom stereocenters. The van der Waals surface area contributed by atoms with Crippen LogP contribution in [0.1, 0.15) is 36.0 Å². The predicted octanol–water partition coefficient (Wildman–Crippen LogP) is 1.73. The Hall–Kier alpha value is -2.44. The van der Waals surface area contributed by atoms with Crippen LogP contribution in [-0.4, -0.2) is 40.8 Å². The highest BCUT2D eigenvalue weighted by molar-refractivity contribution is 5.94. The van der Waals surface area contributed by atoms with Crippen LogP contribution in [0.5, 0.6) is 0 Å². The number of piperidine rings is 1. The van der Waals surface area contributed by atoms with Crippen molar-refractivity contribution in [1.29, 1.82) is 0 Å².